The highest BCUT2D eigenvalue weighted by molar-refractivity contribution is 6.33. The second kappa shape index (κ2) is 8.72. The summed E-state index contributed by atoms with van der Waals surface area (Å²) in [6, 6.07) is 10.5. The van der Waals surface area contributed by atoms with E-state index < -0.39 is 12.1 Å². The molecule has 0 aliphatic heterocycles. The molecule has 0 radical (unpaired) electrons. The van der Waals surface area contributed by atoms with Gasteiger partial charge in [0.15, 0.2) is 6.10 Å². The van der Waals surface area contributed by atoms with Gasteiger partial charge in [-0.1, -0.05) is 24.6 Å². The number of aryl methyl sites for hydroxylation is 2. The molecule has 5 nitrogen and oxygen atoms in total. The fraction of sp³-hybridized carbons (Fsp3) is 0.300. The van der Waals surface area contributed by atoms with Crippen LogP contribution in [0.1, 0.15) is 34.8 Å². The van der Waals surface area contributed by atoms with E-state index in [1.165, 1.54) is 19.2 Å². The lowest BCUT2D eigenvalue weighted by Crippen LogP contribution is -2.32. The van der Waals surface area contributed by atoms with Crippen LogP contribution >= 0.6 is 11.6 Å². The Bertz CT molecular complexity index is 799. The maximum Gasteiger partial charge on any atom is 0.339 e. The van der Waals surface area contributed by atoms with Crippen LogP contribution in [0.5, 0.6) is 5.75 Å². The Morgan fingerprint density at radius 2 is 1.77 bits per heavy atom. The van der Waals surface area contributed by atoms with Crippen molar-refractivity contribution < 1.29 is 19.1 Å². The predicted octanol–water partition coefficient (Wildman–Crippen LogP) is 4.54. The summed E-state index contributed by atoms with van der Waals surface area (Å²) in [7, 11) is 1.27. The van der Waals surface area contributed by atoms with Crippen molar-refractivity contribution in [3.05, 3.63) is 58.1 Å². The normalized spacial score (nSPS) is 11.6. The smallest absolute Gasteiger partial charge is 0.339 e. The third kappa shape index (κ3) is 4.99. The van der Waals surface area contributed by atoms with E-state index in [9.17, 15) is 9.59 Å². The third-order valence-corrected chi connectivity index (χ3v) is 4.11. The van der Waals surface area contributed by atoms with Crippen molar-refractivity contribution in [2.75, 3.05) is 12.4 Å². The number of esters is 1. The summed E-state index contributed by atoms with van der Waals surface area (Å²) in [5.74, 6) is -0.217. The molecule has 26 heavy (non-hydrogen) atoms. The van der Waals surface area contributed by atoms with Crippen molar-refractivity contribution in [2.45, 2.75) is 33.3 Å². The number of benzene rings is 2. The molecule has 0 heterocycles. The van der Waals surface area contributed by atoms with Crippen molar-refractivity contribution in [3.8, 4) is 5.75 Å². The predicted molar refractivity (Wildman–Crippen MR) is 102 cm³/mol. The van der Waals surface area contributed by atoms with Crippen LogP contribution in [-0.4, -0.2) is 25.1 Å². The number of amides is 1. The summed E-state index contributed by atoms with van der Waals surface area (Å²) in [5.41, 5.74) is 2.77. The molecule has 1 amide bonds. The highest BCUT2D eigenvalue weighted by Gasteiger charge is 2.20. The quantitative estimate of drug-likeness (QED) is 0.753. The number of rotatable bonds is 6. The SMILES string of the molecule is CC[C@@H](Oc1cc(C)cc(C)c1)C(=O)Nc1ccc(Cl)c(C(=O)OC)c1. The first-order valence-electron chi connectivity index (χ1n) is 8.27. The number of nitrogens with one attached hydrogen (secondary N) is 1. The van der Waals surface area contributed by atoms with E-state index in [2.05, 4.69) is 10.1 Å². The first kappa shape index (κ1) is 19.8. The minimum Gasteiger partial charge on any atom is -0.481 e. The summed E-state index contributed by atoms with van der Waals surface area (Å²) in [5, 5.41) is 3.02. The Labute approximate surface area is 158 Å². The molecule has 0 spiro atoms. The zero-order chi connectivity index (χ0) is 19.3. The molecule has 6 heteroatoms. The van der Waals surface area contributed by atoms with Crippen LogP contribution < -0.4 is 10.1 Å². The number of carbonyl (C=O) groups is 2. The van der Waals surface area contributed by atoms with Crippen molar-refractivity contribution >= 4 is 29.2 Å². The third-order valence-electron chi connectivity index (χ3n) is 3.78. The largest absolute Gasteiger partial charge is 0.481 e. The van der Waals surface area contributed by atoms with Gasteiger partial charge in [0.2, 0.25) is 0 Å². The molecule has 138 valence electrons. The number of carbonyl (C=O) groups excluding carboxylic acids is 2. The summed E-state index contributed by atoms with van der Waals surface area (Å²) in [4.78, 5) is 24.3. The van der Waals surface area contributed by atoms with Gasteiger partial charge in [0.25, 0.3) is 5.91 Å². The molecular formula is C20H22ClNO4. The van der Waals surface area contributed by atoms with Gasteiger partial charge in [-0.15, -0.1) is 0 Å². The molecule has 2 rings (SSSR count). The zero-order valence-corrected chi connectivity index (χ0v) is 16.0. The van der Waals surface area contributed by atoms with Crippen LogP contribution in [0.15, 0.2) is 36.4 Å². The van der Waals surface area contributed by atoms with Crippen LogP contribution in [0.4, 0.5) is 5.69 Å². The van der Waals surface area contributed by atoms with Crippen LogP contribution in [0, 0.1) is 13.8 Å². The molecule has 0 saturated heterocycles. The lowest BCUT2D eigenvalue weighted by molar-refractivity contribution is -0.122. The molecule has 2 aromatic carbocycles. The lowest BCUT2D eigenvalue weighted by atomic mass is 10.1. The first-order valence-corrected chi connectivity index (χ1v) is 8.65. The minimum atomic E-state index is -0.659. The lowest BCUT2D eigenvalue weighted by Gasteiger charge is -2.18. The standard InChI is InChI=1S/C20H22ClNO4/c1-5-18(26-15-9-12(2)8-13(3)10-15)19(23)22-14-6-7-17(21)16(11-14)20(24)25-4/h6-11,18H,5H2,1-4H3,(H,22,23)/t18-/m1/s1. The van der Waals surface area contributed by atoms with E-state index in [0.717, 1.165) is 11.1 Å². The van der Waals surface area contributed by atoms with Crippen molar-refractivity contribution in [3.63, 3.8) is 0 Å². The fourth-order valence-electron chi connectivity index (χ4n) is 2.58. The molecule has 0 saturated carbocycles. The monoisotopic (exact) mass is 375 g/mol. The summed E-state index contributed by atoms with van der Waals surface area (Å²) in [6.45, 7) is 5.82. The van der Waals surface area contributed by atoms with E-state index in [1.807, 2.05) is 39.0 Å². The number of methoxy groups -OCH3 is 1. The first-order chi connectivity index (χ1) is 12.3. The topological polar surface area (TPSA) is 64.6 Å². The molecular weight excluding hydrogens is 354 g/mol. The van der Waals surface area contributed by atoms with Gasteiger partial charge in [-0.25, -0.2) is 4.79 Å². The second-order valence-corrected chi connectivity index (χ2v) is 6.42. The Kier molecular flexibility index (Phi) is 6.64. The number of hydrogen-bond donors (Lipinski definition) is 1. The second-order valence-electron chi connectivity index (χ2n) is 6.01. The number of anilines is 1. The molecule has 0 fully saturated rings. The van der Waals surface area contributed by atoms with Gasteiger partial charge in [0.05, 0.1) is 17.7 Å². The Morgan fingerprint density at radius 3 is 2.35 bits per heavy atom. The van der Waals surface area contributed by atoms with Crippen molar-refractivity contribution in [1.29, 1.82) is 0 Å². The van der Waals surface area contributed by atoms with Crippen LogP contribution in [0.25, 0.3) is 0 Å². The molecule has 0 aromatic heterocycles. The van der Waals surface area contributed by atoms with Gasteiger partial charge in [-0.05, 0) is 61.7 Å². The average molecular weight is 376 g/mol. The van der Waals surface area contributed by atoms with Gasteiger partial charge in [0.1, 0.15) is 5.75 Å². The van der Waals surface area contributed by atoms with Crippen LogP contribution in [0.3, 0.4) is 0 Å². The Balaban J connectivity index is 2.15. The van der Waals surface area contributed by atoms with E-state index in [-0.39, 0.29) is 16.5 Å². The fourth-order valence-corrected chi connectivity index (χ4v) is 2.77. The van der Waals surface area contributed by atoms with Gasteiger partial charge >= 0.3 is 5.97 Å². The summed E-state index contributed by atoms with van der Waals surface area (Å²) < 4.78 is 10.5. The molecule has 0 aliphatic rings. The van der Waals surface area contributed by atoms with Crippen LogP contribution in [-0.2, 0) is 9.53 Å². The van der Waals surface area contributed by atoms with Crippen LogP contribution in [0.2, 0.25) is 5.02 Å². The Hall–Kier alpha value is -2.53. The number of ether oxygens (including phenoxy) is 2. The molecule has 0 bridgehead atoms. The molecule has 1 N–H and O–H groups in total. The zero-order valence-electron chi connectivity index (χ0n) is 15.3. The molecule has 0 unspecified atom stereocenters. The number of hydrogen-bond acceptors (Lipinski definition) is 4. The highest BCUT2D eigenvalue weighted by atomic mass is 35.5. The average Bonchev–Trinajstić information content (AvgIpc) is 2.59. The summed E-state index contributed by atoms with van der Waals surface area (Å²) >= 11 is 5.99. The van der Waals surface area contributed by atoms with Gasteiger partial charge < -0.3 is 14.8 Å². The molecule has 1 atom stereocenters. The van der Waals surface area contributed by atoms with E-state index in [4.69, 9.17) is 16.3 Å². The van der Waals surface area contributed by atoms with Gasteiger partial charge in [-0.2, -0.15) is 0 Å². The highest BCUT2D eigenvalue weighted by Crippen LogP contribution is 2.23. The Morgan fingerprint density at radius 1 is 1.12 bits per heavy atom. The van der Waals surface area contributed by atoms with E-state index in [0.29, 0.717) is 17.9 Å². The maximum absolute atomic E-state index is 12.6. The number of halogens is 1. The minimum absolute atomic E-state index is 0.190. The molecule has 0 aliphatic carbocycles. The van der Waals surface area contributed by atoms with E-state index in [1.54, 1.807) is 6.07 Å². The maximum atomic E-state index is 12.6. The molecule has 2 aromatic rings. The van der Waals surface area contributed by atoms with E-state index >= 15 is 0 Å². The van der Waals surface area contributed by atoms with Gasteiger partial charge in [-0.3, -0.25) is 4.79 Å². The van der Waals surface area contributed by atoms with Crippen molar-refractivity contribution in [2.24, 2.45) is 0 Å². The summed E-state index contributed by atoms with van der Waals surface area (Å²) in [6.07, 6.45) is -0.163. The van der Waals surface area contributed by atoms with Crippen molar-refractivity contribution in [1.82, 2.24) is 0 Å². The van der Waals surface area contributed by atoms with Gasteiger partial charge in [0, 0.05) is 5.69 Å².